The Balaban J connectivity index is 2.16. The van der Waals surface area contributed by atoms with Gasteiger partial charge in [-0.15, -0.1) is 0 Å². The minimum Gasteiger partial charge on any atom is -0.346 e. The Morgan fingerprint density at radius 3 is 2.42 bits per heavy atom. The highest BCUT2D eigenvalue weighted by atomic mass is 32.2. The number of hydrogen-bond donors (Lipinski definition) is 2. The average molecular weight is 346 g/mol. The Morgan fingerprint density at radius 2 is 1.79 bits per heavy atom. The fourth-order valence-corrected chi connectivity index (χ4v) is 3.16. The van der Waals surface area contributed by atoms with Crippen LogP contribution in [0.4, 0.5) is 5.69 Å². The smallest absolute Gasteiger partial charge is 0.251 e. The Labute approximate surface area is 143 Å². The molecule has 0 saturated carbocycles. The lowest BCUT2D eigenvalue weighted by Gasteiger charge is -2.17. The number of carbonyl (C=O) groups excluding carboxylic acids is 1. The summed E-state index contributed by atoms with van der Waals surface area (Å²) in [6, 6.07) is 12.4. The largest absolute Gasteiger partial charge is 0.346 e. The Morgan fingerprint density at radius 1 is 1.08 bits per heavy atom. The minimum atomic E-state index is -3.38. The second-order valence-corrected chi connectivity index (χ2v) is 7.76. The number of hydrogen-bond acceptors (Lipinski definition) is 3. The van der Waals surface area contributed by atoms with Crippen molar-refractivity contribution in [3.63, 3.8) is 0 Å². The third-order valence-corrected chi connectivity index (χ3v) is 4.27. The van der Waals surface area contributed by atoms with Crippen LogP contribution in [0.1, 0.15) is 40.0 Å². The maximum atomic E-state index is 12.4. The van der Waals surface area contributed by atoms with Gasteiger partial charge in [0, 0.05) is 11.3 Å². The summed E-state index contributed by atoms with van der Waals surface area (Å²) in [6.07, 6.45) is 1.07. The van der Waals surface area contributed by atoms with Gasteiger partial charge in [0.1, 0.15) is 0 Å². The van der Waals surface area contributed by atoms with E-state index in [1.807, 2.05) is 32.9 Å². The molecule has 0 radical (unpaired) electrons. The molecule has 0 bridgehead atoms. The molecule has 24 heavy (non-hydrogen) atoms. The second kappa shape index (κ2) is 7.05. The van der Waals surface area contributed by atoms with Crippen LogP contribution in [0.2, 0.25) is 0 Å². The van der Waals surface area contributed by atoms with Gasteiger partial charge in [-0.25, -0.2) is 8.42 Å². The van der Waals surface area contributed by atoms with Crippen molar-refractivity contribution in [2.24, 2.45) is 0 Å². The summed E-state index contributed by atoms with van der Waals surface area (Å²) in [5.41, 5.74) is 4.12. The van der Waals surface area contributed by atoms with Gasteiger partial charge in [0.05, 0.1) is 12.3 Å². The maximum absolute atomic E-state index is 12.4. The normalized spacial score (nSPS) is 12.5. The van der Waals surface area contributed by atoms with Crippen LogP contribution in [0.15, 0.2) is 42.5 Å². The highest BCUT2D eigenvalue weighted by Gasteiger charge is 2.14. The summed E-state index contributed by atoms with van der Waals surface area (Å²) in [4.78, 5) is 12.4. The molecule has 0 heterocycles. The lowest BCUT2D eigenvalue weighted by molar-refractivity contribution is 0.0940. The van der Waals surface area contributed by atoms with Crippen LogP contribution < -0.4 is 10.0 Å². The van der Waals surface area contributed by atoms with Crippen molar-refractivity contribution in [1.29, 1.82) is 0 Å². The van der Waals surface area contributed by atoms with Gasteiger partial charge in [-0.3, -0.25) is 9.52 Å². The number of nitrogens with one attached hydrogen (secondary N) is 2. The molecule has 0 aliphatic rings. The van der Waals surface area contributed by atoms with E-state index in [0.29, 0.717) is 11.3 Å². The molecule has 0 aliphatic carbocycles. The number of sulfonamides is 1. The van der Waals surface area contributed by atoms with E-state index in [9.17, 15) is 13.2 Å². The molecular weight excluding hydrogens is 324 g/mol. The maximum Gasteiger partial charge on any atom is 0.251 e. The molecule has 1 atom stereocenters. The van der Waals surface area contributed by atoms with Crippen LogP contribution in [0, 0.1) is 13.8 Å². The minimum absolute atomic E-state index is 0.148. The summed E-state index contributed by atoms with van der Waals surface area (Å²) in [6.45, 7) is 5.97. The molecule has 1 amide bonds. The van der Waals surface area contributed by atoms with Gasteiger partial charge in [0.2, 0.25) is 10.0 Å². The fourth-order valence-electron chi connectivity index (χ4n) is 2.61. The lowest BCUT2D eigenvalue weighted by atomic mass is 10.00. The molecule has 0 spiro atoms. The molecule has 2 aromatic carbocycles. The molecule has 0 fully saturated rings. The third-order valence-electron chi connectivity index (χ3n) is 3.67. The van der Waals surface area contributed by atoms with Gasteiger partial charge in [0.15, 0.2) is 0 Å². The summed E-state index contributed by atoms with van der Waals surface area (Å²) in [7, 11) is -3.38. The molecule has 0 unspecified atom stereocenters. The first kappa shape index (κ1) is 18.0. The molecule has 2 aromatic rings. The van der Waals surface area contributed by atoms with Gasteiger partial charge in [-0.05, 0) is 50.1 Å². The SMILES string of the molecule is Cc1ccc([C@H](C)NC(=O)c2cccc(NS(C)(=O)=O)c2)c(C)c1. The summed E-state index contributed by atoms with van der Waals surface area (Å²) in [5, 5.41) is 2.95. The van der Waals surface area contributed by atoms with Gasteiger partial charge >= 0.3 is 0 Å². The van der Waals surface area contributed by atoms with E-state index >= 15 is 0 Å². The van der Waals surface area contributed by atoms with Gasteiger partial charge in [-0.2, -0.15) is 0 Å². The van der Waals surface area contributed by atoms with Crippen LogP contribution >= 0.6 is 0 Å². The zero-order valence-corrected chi connectivity index (χ0v) is 15.1. The quantitative estimate of drug-likeness (QED) is 0.873. The highest BCUT2D eigenvalue weighted by Crippen LogP contribution is 2.19. The van der Waals surface area contributed by atoms with Gasteiger partial charge in [-0.1, -0.05) is 29.8 Å². The van der Waals surface area contributed by atoms with Crippen LogP contribution in [-0.2, 0) is 10.0 Å². The van der Waals surface area contributed by atoms with E-state index in [1.165, 1.54) is 11.6 Å². The van der Waals surface area contributed by atoms with Crippen LogP contribution in [0.25, 0.3) is 0 Å². The monoisotopic (exact) mass is 346 g/mol. The average Bonchev–Trinajstić information content (AvgIpc) is 2.45. The van der Waals surface area contributed by atoms with Crippen LogP contribution in [-0.4, -0.2) is 20.6 Å². The van der Waals surface area contributed by atoms with Crippen molar-refractivity contribution < 1.29 is 13.2 Å². The molecule has 128 valence electrons. The Hall–Kier alpha value is -2.34. The molecule has 0 saturated heterocycles. The molecule has 2 N–H and O–H groups in total. The topological polar surface area (TPSA) is 75.3 Å². The van der Waals surface area contributed by atoms with E-state index in [4.69, 9.17) is 0 Å². The summed E-state index contributed by atoms with van der Waals surface area (Å²) < 4.78 is 25.0. The van der Waals surface area contributed by atoms with Crippen molar-refractivity contribution >= 4 is 21.6 Å². The van der Waals surface area contributed by atoms with E-state index in [0.717, 1.165) is 17.4 Å². The standard InChI is InChI=1S/C18H22N2O3S/c1-12-8-9-17(13(2)10-12)14(3)19-18(21)15-6-5-7-16(11-15)20-24(4,22)23/h5-11,14,20H,1-4H3,(H,19,21)/t14-/m0/s1. The first-order valence-electron chi connectivity index (χ1n) is 7.61. The predicted molar refractivity (Wildman–Crippen MR) is 96.7 cm³/mol. The van der Waals surface area contributed by atoms with Gasteiger partial charge in [0.25, 0.3) is 5.91 Å². The number of aryl methyl sites for hydroxylation is 2. The molecule has 2 rings (SSSR count). The third kappa shape index (κ3) is 4.83. The van der Waals surface area contributed by atoms with E-state index in [2.05, 4.69) is 16.1 Å². The Bertz CT molecular complexity index is 860. The molecule has 0 aromatic heterocycles. The number of amides is 1. The number of rotatable bonds is 5. The van der Waals surface area contributed by atoms with E-state index in [1.54, 1.807) is 18.2 Å². The number of benzene rings is 2. The number of anilines is 1. The number of carbonyl (C=O) groups is 1. The first-order valence-corrected chi connectivity index (χ1v) is 9.51. The highest BCUT2D eigenvalue weighted by molar-refractivity contribution is 7.92. The van der Waals surface area contributed by atoms with Crippen LogP contribution in [0.3, 0.4) is 0 Å². The van der Waals surface area contributed by atoms with Gasteiger partial charge < -0.3 is 5.32 Å². The summed E-state index contributed by atoms with van der Waals surface area (Å²) in [5.74, 6) is -0.250. The van der Waals surface area contributed by atoms with Crippen molar-refractivity contribution in [2.45, 2.75) is 26.8 Å². The molecular formula is C18H22N2O3S. The van der Waals surface area contributed by atoms with Crippen LogP contribution in [0.5, 0.6) is 0 Å². The van der Waals surface area contributed by atoms with Crippen molar-refractivity contribution in [3.05, 3.63) is 64.7 Å². The zero-order valence-electron chi connectivity index (χ0n) is 14.3. The Kier molecular flexibility index (Phi) is 5.29. The van der Waals surface area contributed by atoms with Crippen molar-refractivity contribution in [2.75, 3.05) is 11.0 Å². The summed E-state index contributed by atoms with van der Waals surface area (Å²) >= 11 is 0. The second-order valence-electron chi connectivity index (χ2n) is 6.01. The molecule has 0 aliphatic heterocycles. The lowest BCUT2D eigenvalue weighted by Crippen LogP contribution is -2.27. The van der Waals surface area contributed by atoms with E-state index in [-0.39, 0.29) is 11.9 Å². The van der Waals surface area contributed by atoms with Crippen molar-refractivity contribution in [1.82, 2.24) is 5.32 Å². The zero-order chi connectivity index (χ0) is 17.9. The first-order chi connectivity index (χ1) is 11.2. The molecule has 5 nitrogen and oxygen atoms in total. The van der Waals surface area contributed by atoms with E-state index < -0.39 is 10.0 Å². The molecule has 6 heteroatoms. The predicted octanol–water partition coefficient (Wildman–Crippen LogP) is 3.17. The fraction of sp³-hybridized carbons (Fsp3) is 0.278. The van der Waals surface area contributed by atoms with Crippen molar-refractivity contribution in [3.8, 4) is 0 Å².